The van der Waals surface area contributed by atoms with Crippen molar-refractivity contribution >= 4 is 0 Å². The van der Waals surface area contributed by atoms with Gasteiger partial charge in [-0.1, -0.05) is 619 Å². The van der Waals surface area contributed by atoms with E-state index >= 15 is 0 Å². The predicted octanol–water partition coefficient (Wildman–Crippen LogP) is 41.7. The third kappa shape index (κ3) is 17.4. The van der Waals surface area contributed by atoms with E-state index in [1.54, 1.807) is 0 Å². The van der Waals surface area contributed by atoms with Crippen molar-refractivity contribution in [2.24, 2.45) is 0 Å². The van der Waals surface area contributed by atoms with Gasteiger partial charge in [0.2, 0.25) is 0 Å². The Kier molecular flexibility index (Phi) is 25.5. The molecule has 0 aliphatic carbocycles. The zero-order chi connectivity index (χ0) is 99.8. The smallest absolute Gasteiger partial charge is 0.000718 e. The molecule has 0 atom stereocenters. The Balaban J connectivity index is 0.944. The second-order valence-corrected chi connectivity index (χ2v) is 38.3. The van der Waals surface area contributed by atoms with E-state index in [9.17, 15) is 0 Å². The zero-order valence-corrected chi connectivity index (χ0v) is 82.9. The zero-order valence-electron chi connectivity index (χ0n) is 82.9. The van der Waals surface area contributed by atoms with Crippen LogP contribution in [0.15, 0.2) is 619 Å². The van der Waals surface area contributed by atoms with Gasteiger partial charge in [-0.2, -0.15) is 0 Å². The molecule has 0 nitrogen and oxygen atoms in total. The first kappa shape index (κ1) is 91.7. The Morgan fingerprint density at radius 2 is 0.107 bits per heavy atom. The summed E-state index contributed by atoms with van der Waals surface area (Å²) in [5, 5.41) is 0. The fraction of sp³-hybridized carbons (Fsp3) is 0. The van der Waals surface area contributed by atoms with Crippen molar-refractivity contribution < 1.29 is 0 Å². The highest BCUT2D eigenvalue weighted by Crippen LogP contribution is 2.64. The molecule has 0 spiro atoms. The van der Waals surface area contributed by atoms with Gasteiger partial charge in [0.1, 0.15) is 0 Å². The molecule has 0 fully saturated rings. The van der Waals surface area contributed by atoms with Gasteiger partial charge in [-0.25, -0.2) is 0 Å². The van der Waals surface area contributed by atoms with Crippen LogP contribution in [-0.2, 0) is 0 Å². The van der Waals surface area contributed by atoms with E-state index in [-0.39, 0.29) is 0 Å². The van der Waals surface area contributed by atoms with Gasteiger partial charge in [0.05, 0.1) is 0 Å². The lowest BCUT2D eigenvalue weighted by Crippen LogP contribution is -2.06. The molecule has 25 aromatic rings. The second-order valence-electron chi connectivity index (χ2n) is 38.3. The van der Waals surface area contributed by atoms with E-state index in [4.69, 9.17) is 0 Å². The molecule has 0 amide bonds. The molecule has 0 heteroatoms. The molecule has 0 aliphatic heterocycles. The van der Waals surface area contributed by atoms with Crippen molar-refractivity contribution in [2.45, 2.75) is 0 Å². The maximum absolute atomic E-state index is 2.47. The molecule has 0 heterocycles. The molecule has 0 aliphatic rings. The first-order valence-corrected chi connectivity index (χ1v) is 51.9. The van der Waals surface area contributed by atoms with E-state index in [1.165, 1.54) is 0 Å². The number of hydrogen-bond donors (Lipinski definition) is 0. The number of benzene rings is 25. The van der Waals surface area contributed by atoms with Crippen LogP contribution in [0.5, 0.6) is 0 Å². The summed E-state index contributed by atoms with van der Waals surface area (Å²) in [4.78, 5) is 0. The van der Waals surface area contributed by atoms with Crippen molar-refractivity contribution in [2.75, 3.05) is 0 Å². The highest BCUT2D eigenvalue weighted by molar-refractivity contribution is 6.23. The summed E-state index contributed by atoms with van der Waals surface area (Å²) in [5.74, 6) is 0. The van der Waals surface area contributed by atoms with Crippen molar-refractivity contribution in [3.8, 4) is 267 Å². The molecule has 25 aromatic carbocycles. The van der Waals surface area contributed by atoms with E-state index in [0.717, 1.165) is 267 Å². The molecule has 25 rings (SSSR count). The molecular weight excluding hydrogens is 1800 g/mol. The lowest BCUT2D eigenvalue weighted by Gasteiger charge is -2.33. The van der Waals surface area contributed by atoms with Crippen LogP contribution in [-0.4, -0.2) is 0 Å². The monoisotopic (exact) mass is 1900 g/mol. The maximum atomic E-state index is 2.47. The van der Waals surface area contributed by atoms with Gasteiger partial charge in [0, 0.05) is 0 Å². The van der Waals surface area contributed by atoms with Crippen LogP contribution < -0.4 is 0 Å². The Labute approximate surface area is 879 Å². The minimum Gasteiger partial charge on any atom is -0.0622 e. The van der Waals surface area contributed by atoms with Crippen LogP contribution in [0.25, 0.3) is 267 Å². The van der Waals surface area contributed by atoms with Gasteiger partial charge in [0.15, 0.2) is 0 Å². The van der Waals surface area contributed by atoms with Crippen LogP contribution in [0.1, 0.15) is 0 Å². The predicted molar refractivity (Wildman–Crippen MR) is 637 cm³/mol. The van der Waals surface area contributed by atoms with E-state index in [2.05, 4.69) is 619 Å². The summed E-state index contributed by atoms with van der Waals surface area (Å²) in [7, 11) is 0. The molecular formula is C150H102. The molecule has 0 radical (unpaired) electrons. The fourth-order valence-corrected chi connectivity index (χ4v) is 23.2. The Hall–Kier alpha value is -19.5. The van der Waals surface area contributed by atoms with E-state index < -0.39 is 0 Å². The van der Waals surface area contributed by atoms with Crippen LogP contribution in [0.2, 0.25) is 0 Å². The second kappa shape index (κ2) is 41.7. The standard InChI is InChI=1S/C150H102/c1-7-55-103(56-8-1)109-67-19-25-73-115(109)121-79-31-37-85-127(121)133-91-43-49-97-139(133)145-146(140-98-50-44-92-134(140)128-86-38-32-80-122(128)116-74-26-20-68-110(116)104-57-9-2-10-58-104)148(142-100-52-46-94-136(142)130-88-40-34-82-124(130)118-76-28-22-70-112(118)106-61-13-4-14-62-106)150(144-102-54-48-96-138(144)132-90-42-36-84-126(132)120-78-30-24-72-114(120)108-65-17-6-18-66-108)149(143-101-53-47-95-137(143)131-89-41-35-83-125(131)119-77-29-23-71-113(119)107-63-15-5-16-64-107)147(145)141-99-51-45-93-135(141)129-87-39-33-81-123(129)117-75-27-21-69-111(117)105-59-11-3-12-60-105/h1-102H. The molecule has 0 saturated heterocycles. The van der Waals surface area contributed by atoms with Crippen molar-refractivity contribution in [1.82, 2.24) is 0 Å². The number of rotatable bonds is 24. The highest BCUT2D eigenvalue weighted by atomic mass is 14.4. The first-order valence-electron chi connectivity index (χ1n) is 51.9. The molecule has 0 unspecified atom stereocenters. The van der Waals surface area contributed by atoms with Gasteiger partial charge in [-0.05, 0) is 267 Å². The molecule has 0 saturated carbocycles. The summed E-state index contributed by atoms with van der Waals surface area (Å²) < 4.78 is 0. The molecule has 0 N–H and O–H groups in total. The Morgan fingerprint density at radius 3 is 0.200 bits per heavy atom. The lowest BCUT2D eigenvalue weighted by atomic mass is 9.69. The van der Waals surface area contributed by atoms with Crippen LogP contribution >= 0.6 is 0 Å². The fourth-order valence-electron chi connectivity index (χ4n) is 23.2. The van der Waals surface area contributed by atoms with Gasteiger partial charge < -0.3 is 0 Å². The molecule has 0 bridgehead atoms. The minimum absolute atomic E-state index is 1.02. The largest absolute Gasteiger partial charge is 0.0622 e. The normalized spacial score (nSPS) is 11.2. The minimum atomic E-state index is 1.02. The van der Waals surface area contributed by atoms with Crippen molar-refractivity contribution in [3.63, 3.8) is 0 Å². The third-order valence-corrected chi connectivity index (χ3v) is 29.8. The average molecular weight is 1900 g/mol. The Morgan fingerprint density at radius 1 is 0.0467 bits per heavy atom. The maximum Gasteiger partial charge on any atom is -0.000718 e. The summed E-state index contributed by atoms with van der Waals surface area (Å²) in [6, 6.07) is 232. The molecule has 702 valence electrons. The third-order valence-electron chi connectivity index (χ3n) is 29.8. The number of hydrogen-bond acceptors (Lipinski definition) is 0. The van der Waals surface area contributed by atoms with Gasteiger partial charge in [-0.3, -0.25) is 0 Å². The van der Waals surface area contributed by atoms with E-state index in [1.807, 2.05) is 0 Å². The Bertz CT molecular complexity index is 7860. The van der Waals surface area contributed by atoms with Crippen LogP contribution in [0.3, 0.4) is 0 Å². The first-order chi connectivity index (χ1) is 74.6. The summed E-state index contributed by atoms with van der Waals surface area (Å²) >= 11 is 0. The summed E-state index contributed by atoms with van der Waals surface area (Å²) in [6.45, 7) is 0. The van der Waals surface area contributed by atoms with E-state index in [0.29, 0.717) is 0 Å². The van der Waals surface area contributed by atoms with Gasteiger partial charge in [0.25, 0.3) is 0 Å². The average Bonchev–Trinajstić information content (AvgIpc) is 0.692. The van der Waals surface area contributed by atoms with Crippen molar-refractivity contribution in [3.05, 3.63) is 619 Å². The molecule has 0 aromatic heterocycles. The SMILES string of the molecule is c1ccc(-c2ccccc2-c2ccccc2-c2ccccc2-c2c(-c3ccccc3-c3ccccc3-c3ccccc3-c3ccccc3)c(-c3ccccc3-c3ccccc3-c3ccccc3-c3ccccc3)c(-c3ccccc3-c3ccccc3-c3ccccc3-c3ccccc3)c(-c3ccccc3-c3ccccc3-c3ccccc3-c3ccccc3)c2-c2ccccc2-c2ccccc2-c2ccccc2-c2ccccc2)cc1. The summed E-state index contributed by atoms with van der Waals surface area (Å²) in [5.41, 5.74) is 51.9. The molecule has 150 heavy (non-hydrogen) atoms. The summed E-state index contributed by atoms with van der Waals surface area (Å²) in [6.07, 6.45) is 0. The van der Waals surface area contributed by atoms with Gasteiger partial charge in [-0.15, -0.1) is 0 Å². The topological polar surface area (TPSA) is 0 Å². The quantitative estimate of drug-likeness (QED) is 0.0566. The van der Waals surface area contributed by atoms with Crippen LogP contribution in [0, 0.1) is 0 Å². The van der Waals surface area contributed by atoms with Crippen molar-refractivity contribution in [1.29, 1.82) is 0 Å². The van der Waals surface area contributed by atoms with Crippen LogP contribution in [0.4, 0.5) is 0 Å². The van der Waals surface area contributed by atoms with Gasteiger partial charge >= 0.3 is 0 Å². The highest BCUT2D eigenvalue weighted by Gasteiger charge is 2.37. The lowest BCUT2D eigenvalue weighted by molar-refractivity contribution is 1.49.